The molecule has 45 heavy (non-hydrogen) atoms. The summed E-state index contributed by atoms with van der Waals surface area (Å²) in [6, 6.07) is 51.5. The fraction of sp³-hybridized carbons (Fsp3) is 0. The summed E-state index contributed by atoms with van der Waals surface area (Å²) < 4.78 is 6.90. The van der Waals surface area contributed by atoms with E-state index in [0.717, 1.165) is 55.7 Å². The smallest absolute Gasteiger partial charge is 0.149 e. The average molecular weight is 576 g/mol. The van der Waals surface area contributed by atoms with Gasteiger partial charge in [0.05, 0.1) is 27.6 Å². The fourth-order valence-corrected chi connectivity index (χ4v) is 7.17. The zero-order valence-corrected chi connectivity index (χ0v) is 24.2. The van der Waals surface area contributed by atoms with Gasteiger partial charge < -0.3 is 4.57 Å². The lowest BCUT2D eigenvalue weighted by atomic mass is 10.1. The predicted octanol–water partition coefficient (Wildman–Crippen LogP) is 9.77. The molecule has 0 radical (unpaired) electrons. The van der Waals surface area contributed by atoms with Crippen LogP contribution < -0.4 is 0 Å². The molecule has 5 aromatic carbocycles. The van der Waals surface area contributed by atoms with Gasteiger partial charge in [-0.25, -0.2) is 4.98 Å². The Labute approximate surface area is 257 Å². The van der Waals surface area contributed by atoms with Crippen molar-refractivity contribution in [2.24, 2.45) is 0 Å². The molecular formula is C40H25N5. The van der Waals surface area contributed by atoms with Crippen molar-refractivity contribution in [1.29, 1.82) is 0 Å². The summed E-state index contributed by atoms with van der Waals surface area (Å²) in [7, 11) is 0. The van der Waals surface area contributed by atoms with Gasteiger partial charge in [0.2, 0.25) is 0 Å². The lowest BCUT2D eigenvalue weighted by Gasteiger charge is -2.10. The summed E-state index contributed by atoms with van der Waals surface area (Å²) >= 11 is 0. The highest BCUT2D eigenvalue weighted by Crippen LogP contribution is 2.39. The number of hydrogen-bond acceptors (Lipinski definition) is 2. The van der Waals surface area contributed by atoms with Gasteiger partial charge in [-0.1, -0.05) is 72.8 Å². The first-order chi connectivity index (χ1) is 22.3. The Kier molecular flexibility index (Phi) is 4.93. The second-order valence-electron chi connectivity index (χ2n) is 11.5. The molecule has 0 unspecified atom stereocenters. The summed E-state index contributed by atoms with van der Waals surface area (Å²) in [5.41, 5.74) is 10.6. The molecule has 5 nitrogen and oxygen atoms in total. The van der Waals surface area contributed by atoms with Crippen LogP contribution in [0.5, 0.6) is 0 Å². The van der Waals surface area contributed by atoms with Crippen LogP contribution in [-0.4, -0.2) is 23.7 Å². The van der Waals surface area contributed by atoms with Crippen LogP contribution in [0.3, 0.4) is 0 Å². The van der Waals surface area contributed by atoms with Crippen LogP contribution >= 0.6 is 0 Å². The first-order valence-corrected chi connectivity index (χ1v) is 15.2. The Hall–Kier alpha value is -6.20. The number of pyridine rings is 2. The lowest BCUT2D eigenvalue weighted by molar-refractivity contribution is 1.11. The van der Waals surface area contributed by atoms with Gasteiger partial charge in [0.1, 0.15) is 11.3 Å². The maximum atomic E-state index is 5.48. The normalized spacial score (nSPS) is 12.0. The van der Waals surface area contributed by atoms with E-state index < -0.39 is 0 Å². The number of aromatic nitrogens is 5. The Morgan fingerprint density at radius 2 is 0.911 bits per heavy atom. The summed E-state index contributed by atoms with van der Waals surface area (Å²) in [5.74, 6) is 0. The molecule has 10 aromatic rings. The molecule has 0 spiro atoms. The van der Waals surface area contributed by atoms with Crippen molar-refractivity contribution in [1.82, 2.24) is 23.7 Å². The van der Waals surface area contributed by atoms with Crippen LogP contribution in [0.15, 0.2) is 152 Å². The molecule has 0 aliphatic carbocycles. The van der Waals surface area contributed by atoms with Crippen molar-refractivity contribution in [2.75, 3.05) is 0 Å². The number of rotatable bonds is 3. The molecular weight excluding hydrogens is 550 g/mol. The Bertz CT molecular complexity index is 2750. The van der Waals surface area contributed by atoms with E-state index in [1.807, 2.05) is 18.3 Å². The number of fused-ring (bicyclic) bond motifs is 9. The van der Waals surface area contributed by atoms with Crippen molar-refractivity contribution < 1.29 is 0 Å². The summed E-state index contributed by atoms with van der Waals surface area (Å²) in [5, 5.41) is 5.77. The molecule has 0 aliphatic heterocycles. The molecule has 5 heteroatoms. The van der Waals surface area contributed by atoms with Crippen LogP contribution in [0.4, 0.5) is 0 Å². The number of benzene rings is 5. The van der Waals surface area contributed by atoms with Gasteiger partial charge in [0, 0.05) is 50.2 Å². The lowest BCUT2D eigenvalue weighted by Crippen LogP contribution is -1.99. The van der Waals surface area contributed by atoms with Crippen molar-refractivity contribution >= 4 is 65.8 Å². The van der Waals surface area contributed by atoms with E-state index in [9.17, 15) is 0 Å². The van der Waals surface area contributed by atoms with E-state index >= 15 is 0 Å². The minimum absolute atomic E-state index is 0.896. The summed E-state index contributed by atoms with van der Waals surface area (Å²) in [6.45, 7) is 0. The first kappa shape index (κ1) is 24.3. The highest BCUT2D eigenvalue weighted by Gasteiger charge is 2.21. The minimum Gasteiger partial charge on any atom is -0.309 e. The molecule has 5 aromatic heterocycles. The number of hydrogen-bond donors (Lipinski definition) is 0. The molecule has 0 fully saturated rings. The van der Waals surface area contributed by atoms with E-state index in [-0.39, 0.29) is 0 Å². The molecule has 5 heterocycles. The maximum Gasteiger partial charge on any atom is 0.149 e. The van der Waals surface area contributed by atoms with Gasteiger partial charge in [-0.2, -0.15) is 0 Å². The second-order valence-corrected chi connectivity index (χ2v) is 11.5. The third-order valence-corrected chi connectivity index (χ3v) is 9.07. The van der Waals surface area contributed by atoms with Gasteiger partial charge in [0.15, 0.2) is 0 Å². The average Bonchev–Trinajstić information content (AvgIpc) is 3.73. The zero-order valence-electron chi connectivity index (χ0n) is 24.2. The van der Waals surface area contributed by atoms with Crippen molar-refractivity contribution in [3.63, 3.8) is 0 Å². The quantitative estimate of drug-likeness (QED) is 0.210. The highest BCUT2D eigenvalue weighted by atomic mass is 15.1. The molecule has 0 saturated carbocycles. The Morgan fingerprint density at radius 1 is 0.356 bits per heavy atom. The van der Waals surface area contributed by atoms with Crippen LogP contribution in [0, 0.1) is 0 Å². The van der Waals surface area contributed by atoms with Crippen LogP contribution in [0.1, 0.15) is 0 Å². The second kappa shape index (κ2) is 9.15. The fourth-order valence-electron chi connectivity index (χ4n) is 7.17. The van der Waals surface area contributed by atoms with Crippen molar-refractivity contribution in [3.8, 4) is 17.1 Å². The predicted molar refractivity (Wildman–Crippen MR) is 185 cm³/mol. The molecule has 0 bridgehead atoms. The van der Waals surface area contributed by atoms with E-state index in [4.69, 9.17) is 9.97 Å². The largest absolute Gasteiger partial charge is 0.309 e. The van der Waals surface area contributed by atoms with Crippen LogP contribution in [0.25, 0.3) is 82.9 Å². The van der Waals surface area contributed by atoms with E-state index in [1.165, 1.54) is 27.2 Å². The molecule has 10 rings (SSSR count). The van der Waals surface area contributed by atoms with Crippen molar-refractivity contribution in [3.05, 3.63) is 152 Å². The topological polar surface area (TPSA) is 40.6 Å². The van der Waals surface area contributed by atoms with Gasteiger partial charge in [0.25, 0.3) is 0 Å². The molecule has 210 valence electrons. The van der Waals surface area contributed by atoms with Gasteiger partial charge >= 0.3 is 0 Å². The zero-order chi connectivity index (χ0) is 29.5. The number of para-hydroxylation sites is 4. The summed E-state index contributed by atoms with van der Waals surface area (Å²) in [4.78, 5) is 10.3. The van der Waals surface area contributed by atoms with Crippen LogP contribution in [-0.2, 0) is 0 Å². The third-order valence-electron chi connectivity index (χ3n) is 9.07. The van der Waals surface area contributed by atoms with Crippen molar-refractivity contribution in [2.45, 2.75) is 0 Å². The first-order valence-electron chi connectivity index (χ1n) is 15.2. The highest BCUT2D eigenvalue weighted by molar-refractivity contribution is 6.16. The van der Waals surface area contributed by atoms with E-state index in [2.05, 4.69) is 147 Å². The van der Waals surface area contributed by atoms with E-state index in [1.54, 1.807) is 0 Å². The van der Waals surface area contributed by atoms with Gasteiger partial charge in [-0.05, 0) is 72.8 Å². The maximum absolute atomic E-state index is 5.48. The van der Waals surface area contributed by atoms with Gasteiger partial charge in [-0.3, -0.25) is 14.1 Å². The number of nitrogens with zero attached hydrogens (tertiary/aromatic N) is 5. The summed E-state index contributed by atoms with van der Waals surface area (Å²) in [6.07, 6.45) is 1.87. The molecule has 0 aliphatic rings. The van der Waals surface area contributed by atoms with E-state index in [0.29, 0.717) is 0 Å². The third kappa shape index (κ3) is 3.38. The Morgan fingerprint density at radius 3 is 1.67 bits per heavy atom. The van der Waals surface area contributed by atoms with Crippen LogP contribution in [0.2, 0.25) is 0 Å². The molecule has 0 saturated heterocycles. The van der Waals surface area contributed by atoms with Gasteiger partial charge in [-0.15, -0.1) is 0 Å². The molecule has 0 atom stereocenters. The molecule has 0 amide bonds. The standard InChI is InChI=1S/C40H25N5/c1-3-12-26(13-4-1)43-34-18-9-7-16-29(34)31-24-28(21-22-36(31)43)45-35-19-10-8-17-30(35)32-25-33-38-37(20-11-23-41-38)44(40(33)42-39(32)45)27-14-5-2-6-15-27/h1-25H. The monoisotopic (exact) mass is 575 g/mol. The SMILES string of the molecule is c1ccc(-n2c3ccccc3c3cc(-n4c5ccccc5c5cc6c7ncccc7n(-c7ccccc7)c6nc54)ccc32)cc1. The molecule has 0 N–H and O–H groups in total. The minimum atomic E-state index is 0.896. The Balaban J connectivity index is 1.32.